The maximum atomic E-state index is 2.56. The van der Waals surface area contributed by atoms with E-state index in [1.807, 2.05) is 0 Å². The third-order valence-corrected chi connectivity index (χ3v) is 6.63. The lowest BCUT2D eigenvalue weighted by molar-refractivity contribution is 0.864. The molecule has 1 aliphatic rings. The highest BCUT2D eigenvalue weighted by Gasteiger charge is 2.24. The first-order valence-corrected chi connectivity index (χ1v) is 10.9. The summed E-state index contributed by atoms with van der Waals surface area (Å²) in [7, 11) is 0. The fourth-order valence-corrected chi connectivity index (χ4v) is 5.35. The Morgan fingerprint density at radius 3 is 2.47 bits per heavy atom. The van der Waals surface area contributed by atoms with Crippen LogP contribution < -0.4 is 0 Å². The maximum Gasteiger partial charge on any atom is 0.0577 e. The van der Waals surface area contributed by atoms with Gasteiger partial charge in [-0.15, -0.1) is 0 Å². The van der Waals surface area contributed by atoms with E-state index >= 15 is 0 Å². The van der Waals surface area contributed by atoms with Crippen LogP contribution in [-0.4, -0.2) is 4.57 Å². The maximum absolute atomic E-state index is 2.56. The van der Waals surface area contributed by atoms with Crippen molar-refractivity contribution in [2.75, 3.05) is 0 Å². The van der Waals surface area contributed by atoms with Gasteiger partial charge in [0.15, 0.2) is 0 Å². The van der Waals surface area contributed by atoms with Crippen LogP contribution in [-0.2, 0) is 19.4 Å². The molecule has 30 heavy (non-hydrogen) atoms. The molecule has 146 valence electrons. The molecular formula is C29H25N. The Kier molecular flexibility index (Phi) is 3.86. The van der Waals surface area contributed by atoms with Crippen molar-refractivity contribution >= 4 is 21.8 Å². The molecule has 1 heteroatoms. The summed E-state index contributed by atoms with van der Waals surface area (Å²) in [5.41, 5.74) is 12.6. The first-order valence-electron chi connectivity index (χ1n) is 10.9. The monoisotopic (exact) mass is 387 g/mol. The number of rotatable bonds is 3. The second-order valence-electron chi connectivity index (χ2n) is 8.61. The molecule has 0 aliphatic heterocycles. The zero-order valence-electron chi connectivity index (χ0n) is 17.6. The molecule has 0 fully saturated rings. The minimum atomic E-state index is 0.900. The van der Waals surface area contributed by atoms with E-state index < -0.39 is 0 Å². The van der Waals surface area contributed by atoms with Gasteiger partial charge in [0.2, 0.25) is 0 Å². The molecule has 1 heterocycles. The molecule has 0 saturated carbocycles. The Bertz CT molecular complexity index is 1430. The molecule has 1 nitrogen and oxygen atoms in total. The Morgan fingerprint density at radius 1 is 0.767 bits per heavy atom. The topological polar surface area (TPSA) is 4.93 Å². The van der Waals surface area contributed by atoms with Gasteiger partial charge in [-0.05, 0) is 53.6 Å². The van der Waals surface area contributed by atoms with E-state index in [0.717, 1.165) is 19.4 Å². The number of nitrogens with zero attached hydrogens (tertiary/aromatic N) is 1. The van der Waals surface area contributed by atoms with Crippen molar-refractivity contribution < 1.29 is 0 Å². The molecule has 5 aromatic rings. The Hall–Kier alpha value is -3.32. The summed E-state index contributed by atoms with van der Waals surface area (Å²) in [4.78, 5) is 0. The molecule has 0 unspecified atom stereocenters. The van der Waals surface area contributed by atoms with Crippen LogP contribution in [0.4, 0.5) is 0 Å². The highest BCUT2D eigenvalue weighted by molar-refractivity contribution is 6.14. The van der Waals surface area contributed by atoms with E-state index in [2.05, 4.69) is 97.3 Å². The summed E-state index contributed by atoms with van der Waals surface area (Å²) in [6, 6.07) is 29.5. The molecule has 0 amide bonds. The molecule has 0 saturated heterocycles. The van der Waals surface area contributed by atoms with Crippen LogP contribution in [0.15, 0.2) is 78.9 Å². The lowest BCUT2D eigenvalue weighted by Gasteiger charge is -2.13. The fourth-order valence-electron chi connectivity index (χ4n) is 5.35. The van der Waals surface area contributed by atoms with Crippen molar-refractivity contribution in [1.29, 1.82) is 0 Å². The molecule has 6 rings (SSSR count). The van der Waals surface area contributed by atoms with Gasteiger partial charge in [-0.1, -0.05) is 85.3 Å². The molecule has 1 aliphatic carbocycles. The highest BCUT2D eigenvalue weighted by atomic mass is 15.0. The number of hydrogen-bond acceptors (Lipinski definition) is 0. The van der Waals surface area contributed by atoms with Crippen molar-refractivity contribution in [1.82, 2.24) is 4.57 Å². The van der Waals surface area contributed by atoms with E-state index in [0.29, 0.717) is 0 Å². The summed E-state index contributed by atoms with van der Waals surface area (Å²) in [6.07, 6.45) is 2.11. The molecule has 4 aromatic carbocycles. The molecule has 0 radical (unpaired) electrons. The summed E-state index contributed by atoms with van der Waals surface area (Å²) < 4.78 is 2.56. The van der Waals surface area contributed by atoms with Crippen LogP contribution >= 0.6 is 0 Å². The van der Waals surface area contributed by atoms with E-state index in [4.69, 9.17) is 0 Å². The molecular weight excluding hydrogens is 362 g/mol. The third-order valence-electron chi connectivity index (χ3n) is 6.63. The molecule has 0 spiro atoms. The fraction of sp³-hybridized carbons (Fsp3) is 0.172. The van der Waals surface area contributed by atoms with Crippen LogP contribution in [0, 0.1) is 6.92 Å². The Morgan fingerprint density at radius 2 is 1.57 bits per heavy atom. The van der Waals surface area contributed by atoms with Gasteiger partial charge < -0.3 is 4.57 Å². The van der Waals surface area contributed by atoms with Crippen molar-refractivity contribution in [2.24, 2.45) is 0 Å². The van der Waals surface area contributed by atoms with Crippen molar-refractivity contribution in [3.05, 3.63) is 107 Å². The minimum Gasteiger partial charge on any atom is -0.335 e. The zero-order chi connectivity index (χ0) is 20.2. The normalized spacial score (nSPS) is 12.5. The molecule has 0 N–H and O–H groups in total. The van der Waals surface area contributed by atoms with Gasteiger partial charge in [0, 0.05) is 28.4 Å². The van der Waals surface area contributed by atoms with Crippen LogP contribution in [0.2, 0.25) is 0 Å². The van der Waals surface area contributed by atoms with Gasteiger partial charge in [-0.2, -0.15) is 0 Å². The standard InChI is InChI=1S/C29H25N/c1-3-20-14-19(2)15-21(16-20)18-30-27-11-7-6-10-25(27)26-13-12-23-17-22-8-4-5-9-24(22)28(23)29(26)30/h4-16H,3,17-18H2,1-2H3. The van der Waals surface area contributed by atoms with Crippen molar-refractivity contribution in [3.8, 4) is 11.1 Å². The van der Waals surface area contributed by atoms with Gasteiger partial charge in [0.1, 0.15) is 0 Å². The quantitative estimate of drug-likeness (QED) is 0.300. The number of aryl methyl sites for hydroxylation is 2. The smallest absolute Gasteiger partial charge is 0.0577 e. The van der Waals surface area contributed by atoms with E-state index in [9.17, 15) is 0 Å². The Balaban J connectivity index is 1.67. The number of fused-ring (bicyclic) bond motifs is 7. The van der Waals surface area contributed by atoms with Gasteiger partial charge in [-0.25, -0.2) is 0 Å². The predicted octanol–water partition coefficient (Wildman–Crippen LogP) is 7.28. The van der Waals surface area contributed by atoms with Gasteiger partial charge >= 0.3 is 0 Å². The lowest BCUT2D eigenvalue weighted by Crippen LogP contribution is -2.02. The second kappa shape index (κ2) is 6.60. The van der Waals surface area contributed by atoms with E-state index in [1.165, 1.54) is 60.8 Å². The number of para-hydroxylation sites is 1. The number of benzene rings is 4. The van der Waals surface area contributed by atoms with Crippen molar-refractivity contribution in [2.45, 2.75) is 33.2 Å². The average molecular weight is 388 g/mol. The zero-order valence-corrected chi connectivity index (χ0v) is 17.6. The summed E-state index contributed by atoms with van der Waals surface area (Å²) in [6.45, 7) is 5.35. The first kappa shape index (κ1) is 17.5. The summed E-state index contributed by atoms with van der Waals surface area (Å²) in [5.74, 6) is 0. The Labute approximate surface area is 177 Å². The summed E-state index contributed by atoms with van der Waals surface area (Å²) in [5, 5.41) is 2.72. The first-order chi connectivity index (χ1) is 14.7. The van der Waals surface area contributed by atoms with Crippen molar-refractivity contribution in [3.63, 3.8) is 0 Å². The van der Waals surface area contributed by atoms with E-state index in [1.54, 1.807) is 0 Å². The van der Waals surface area contributed by atoms with E-state index in [-0.39, 0.29) is 0 Å². The predicted molar refractivity (Wildman–Crippen MR) is 127 cm³/mol. The number of aromatic nitrogens is 1. The van der Waals surface area contributed by atoms with Crippen LogP contribution in [0.1, 0.15) is 34.7 Å². The van der Waals surface area contributed by atoms with Gasteiger partial charge in [-0.3, -0.25) is 0 Å². The van der Waals surface area contributed by atoms with Gasteiger partial charge in [0.25, 0.3) is 0 Å². The molecule has 1 aromatic heterocycles. The van der Waals surface area contributed by atoms with Crippen LogP contribution in [0.25, 0.3) is 32.9 Å². The number of hydrogen-bond donors (Lipinski definition) is 0. The average Bonchev–Trinajstić information content (AvgIpc) is 3.29. The van der Waals surface area contributed by atoms with Gasteiger partial charge in [0.05, 0.1) is 5.52 Å². The van der Waals surface area contributed by atoms with Crippen LogP contribution in [0.3, 0.4) is 0 Å². The second-order valence-corrected chi connectivity index (χ2v) is 8.61. The molecule has 0 bridgehead atoms. The summed E-state index contributed by atoms with van der Waals surface area (Å²) >= 11 is 0. The largest absolute Gasteiger partial charge is 0.335 e. The molecule has 0 atom stereocenters. The van der Waals surface area contributed by atoms with Crippen LogP contribution in [0.5, 0.6) is 0 Å². The third kappa shape index (κ3) is 2.55. The SMILES string of the molecule is CCc1cc(C)cc(Cn2c3ccccc3c3ccc4c(c32)-c2ccccc2C4)c1. The minimum absolute atomic E-state index is 0.900. The highest BCUT2D eigenvalue weighted by Crippen LogP contribution is 2.44. The lowest BCUT2D eigenvalue weighted by atomic mass is 10.0.